The Morgan fingerprint density at radius 3 is 2.37 bits per heavy atom. The van der Waals surface area contributed by atoms with E-state index in [9.17, 15) is 4.79 Å². The molecule has 1 heterocycles. The van der Waals surface area contributed by atoms with Crippen molar-refractivity contribution in [2.24, 2.45) is 0 Å². The van der Waals surface area contributed by atoms with E-state index in [-0.39, 0.29) is 5.91 Å². The number of hydrogen-bond donors (Lipinski definition) is 1. The van der Waals surface area contributed by atoms with Gasteiger partial charge in [0.25, 0.3) is 0 Å². The van der Waals surface area contributed by atoms with E-state index in [0.29, 0.717) is 6.54 Å². The average Bonchev–Trinajstić information content (AvgIpc) is 2.73. The number of anilines is 1. The third-order valence-electron chi connectivity index (χ3n) is 4.98. The fraction of sp³-hybridized carbons (Fsp3) is 0.409. The minimum atomic E-state index is 0.126. The van der Waals surface area contributed by atoms with Crippen LogP contribution >= 0.6 is 0 Å². The first-order valence-corrected chi connectivity index (χ1v) is 9.66. The number of hydrogen-bond acceptors (Lipinski definition) is 4. The number of methoxy groups -OCH3 is 1. The maximum Gasteiger partial charge on any atom is 0.234 e. The number of amides is 1. The average molecular weight is 367 g/mol. The fourth-order valence-corrected chi connectivity index (χ4v) is 3.38. The summed E-state index contributed by atoms with van der Waals surface area (Å²) in [4.78, 5) is 16.7. The lowest BCUT2D eigenvalue weighted by Crippen LogP contribution is -2.49. The standard InChI is InChI=1S/C22H29N3O2/c1-27-21-11-9-20(10-12-21)25-16-14-24(15-17-25)18-22(26)23-13-5-8-19-6-3-2-4-7-19/h2-4,6-7,9-12H,5,8,13-18H2,1H3,(H,23,26). The molecule has 144 valence electrons. The van der Waals surface area contributed by atoms with E-state index >= 15 is 0 Å². The number of benzene rings is 2. The van der Waals surface area contributed by atoms with Gasteiger partial charge in [-0.3, -0.25) is 9.69 Å². The summed E-state index contributed by atoms with van der Waals surface area (Å²) in [6.45, 7) is 4.91. The number of ether oxygens (including phenoxy) is 1. The maximum atomic E-state index is 12.2. The van der Waals surface area contributed by atoms with Crippen LogP contribution in [0.4, 0.5) is 5.69 Å². The molecule has 5 nitrogen and oxygen atoms in total. The zero-order chi connectivity index (χ0) is 18.9. The van der Waals surface area contributed by atoms with Crippen LogP contribution in [0.3, 0.4) is 0 Å². The molecule has 2 aromatic rings. The number of nitrogens with one attached hydrogen (secondary N) is 1. The van der Waals surface area contributed by atoms with Crippen LogP contribution in [0.2, 0.25) is 0 Å². The van der Waals surface area contributed by atoms with Crippen molar-refractivity contribution in [2.75, 3.05) is 51.3 Å². The van der Waals surface area contributed by atoms with Gasteiger partial charge in [-0.1, -0.05) is 30.3 Å². The van der Waals surface area contributed by atoms with Crippen molar-refractivity contribution in [3.05, 3.63) is 60.2 Å². The highest BCUT2D eigenvalue weighted by Crippen LogP contribution is 2.20. The largest absolute Gasteiger partial charge is 0.497 e. The predicted octanol–water partition coefficient (Wildman–Crippen LogP) is 2.57. The monoisotopic (exact) mass is 367 g/mol. The molecule has 0 saturated carbocycles. The Bertz CT molecular complexity index is 695. The molecule has 5 heteroatoms. The molecule has 0 spiro atoms. The number of nitrogens with zero attached hydrogens (tertiary/aromatic N) is 2. The van der Waals surface area contributed by atoms with Gasteiger partial charge < -0.3 is 15.0 Å². The number of piperazine rings is 1. The Morgan fingerprint density at radius 2 is 1.70 bits per heavy atom. The molecule has 1 aliphatic heterocycles. The lowest BCUT2D eigenvalue weighted by molar-refractivity contribution is -0.122. The van der Waals surface area contributed by atoms with Gasteiger partial charge in [0, 0.05) is 38.4 Å². The summed E-state index contributed by atoms with van der Waals surface area (Å²) in [5.41, 5.74) is 2.53. The lowest BCUT2D eigenvalue weighted by Gasteiger charge is -2.35. The molecule has 1 N–H and O–H groups in total. The topological polar surface area (TPSA) is 44.8 Å². The summed E-state index contributed by atoms with van der Waals surface area (Å²) in [6, 6.07) is 18.6. The van der Waals surface area contributed by atoms with Crippen LogP contribution in [-0.2, 0) is 11.2 Å². The van der Waals surface area contributed by atoms with Crippen molar-refractivity contribution in [3.63, 3.8) is 0 Å². The van der Waals surface area contributed by atoms with Crippen LogP contribution in [0.25, 0.3) is 0 Å². The van der Waals surface area contributed by atoms with Crippen molar-refractivity contribution in [1.29, 1.82) is 0 Å². The summed E-state index contributed by atoms with van der Waals surface area (Å²) < 4.78 is 5.21. The number of rotatable bonds is 8. The molecule has 3 rings (SSSR count). The molecule has 0 aromatic heterocycles. The summed E-state index contributed by atoms with van der Waals surface area (Å²) in [5, 5.41) is 3.05. The Morgan fingerprint density at radius 1 is 1.00 bits per heavy atom. The second-order valence-electron chi connectivity index (χ2n) is 6.90. The zero-order valence-electron chi connectivity index (χ0n) is 16.1. The molecular formula is C22H29N3O2. The summed E-state index contributed by atoms with van der Waals surface area (Å²) in [6.07, 6.45) is 1.97. The van der Waals surface area contributed by atoms with Crippen LogP contribution in [0.5, 0.6) is 5.75 Å². The Balaban J connectivity index is 1.33. The second kappa shape index (κ2) is 9.97. The third kappa shape index (κ3) is 6.00. The molecule has 1 fully saturated rings. The van der Waals surface area contributed by atoms with E-state index in [0.717, 1.165) is 51.3 Å². The van der Waals surface area contributed by atoms with Gasteiger partial charge >= 0.3 is 0 Å². The highest BCUT2D eigenvalue weighted by molar-refractivity contribution is 5.78. The summed E-state index contributed by atoms with van der Waals surface area (Å²) in [7, 11) is 1.68. The normalized spacial score (nSPS) is 14.8. The SMILES string of the molecule is COc1ccc(N2CCN(CC(=O)NCCCc3ccccc3)CC2)cc1. The van der Waals surface area contributed by atoms with Crippen LogP contribution in [-0.4, -0.2) is 57.2 Å². The van der Waals surface area contributed by atoms with Crippen molar-refractivity contribution < 1.29 is 9.53 Å². The maximum absolute atomic E-state index is 12.2. The molecule has 0 bridgehead atoms. The van der Waals surface area contributed by atoms with Gasteiger partial charge in [-0.25, -0.2) is 0 Å². The van der Waals surface area contributed by atoms with E-state index in [1.807, 2.05) is 18.2 Å². The third-order valence-corrected chi connectivity index (χ3v) is 4.98. The van der Waals surface area contributed by atoms with Gasteiger partial charge in [-0.2, -0.15) is 0 Å². The van der Waals surface area contributed by atoms with E-state index in [4.69, 9.17) is 4.74 Å². The molecule has 1 aliphatic rings. The molecular weight excluding hydrogens is 338 g/mol. The first-order valence-electron chi connectivity index (χ1n) is 9.66. The zero-order valence-corrected chi connectivity index (χ0v) is 16.1. The fourth-order valence-electron chi connectivity index (χ4n) is 3.38. The van der Waals surface area contributed by atoms with Crippen LogP contribution in [0, 0.1) is 0 Å². The van der Waals surface area contributed by atoms with Gasteiger partial charge in [-0.15, -0.1) is 0 Å². The molecule has 2 aromatic carbocycles. The van der Waals surface area contributed by atoms with Gasteiger partial charge in [0.1, 0.15) is 5.75 Å². The molecule has 1 saturated heterocycles. The van der Waals surface area contributed by atoms with Gasteiger partial charge in [0.2, 0.25) is 5.91 Å². The lowest BCUT2D eigenvalue weighted by atomic mass is 10.1. The molecule has 0 atom stereocenters. The number of carbonyl (C=O) groups is 1. The van der Waals surface area contributed by atoms with E-state index < -0.39 is 0 Å². The molecule has 0 radical (unpaired) electrons. The number of aryl methyl sites for hydroxylation is 1. The first-order chi connectivity index (χ1) is 13.2. The van der Waals surface area contributed by atoms with Crippen molar-refractivity contribution >= 4 is 11.6 Å². The van der Waals surface area contributed by atoms with Crippen molar-refractivity contribution in [3.8, 4) is 5.75 Å². The molecule has 27 heavy (non-hydrogen) atoms. The van der Waals surface area contributed by atoms with E-state index in [2.05, 4.69) is 51.5 Å². The Labute approximate surface area is 161 Å². The minimum absolute atomic E-state index is 0.126. The van der Waals surface area contributed by atoms with Crippen LogP contribution in [0.15, 0.2) is 54.6 Å². The Hall–Kier alpha value is -2.53. The van der Waals surface area contributed by atoms with Crippen LogP contribution < -0.4 is 15.0 Å². The minimum Gasteiger partial charge on any atom is -0.497 e. The molecule has 1 amide bonds. The van der Waals surface area contributed by atoms with Gasteiger partial charge in [0.15, 0.2) is 0 Å². The van der Waals surface area contributed by atoms with E-state index in [1.54, 1.807) is 7.11 Å². The molecule has 0 unspecified atom stereocenters. The summed E-state index contributed by atoms with van der Waals surface area (Å²) in [5.74, 6) is 1.00. The predicted molar refractivity (Wildman–Crippen MR) is 109 cm³/mol. The van der Waals surface area contributed by atoms with Gasteiger partial charge in [0.05, 0.1) is 13.7 Å². The van der Waals surface area contributed by atoms with Gasteiger partial charge in [-0.05, 0) is 42.7 Å². The second-order valence-corrected chi connectivity index (χ2v) is 6.90. The van der Waals surface area contributed by atoms with Crippen LogP contribution in [0.1, 0.15) is 12.0 Å². The highest BCUT2D eigenvalue weighted by atomic mass is 16.5. The van der Waals surface area contributed by atoms with Crippen molar-refractivity contribution in [2.45, 2.75) is 12.8 Å². The summed E-state index contributed by atoms with van der Waals surface area (Å²) >= 11 is 0. The smallest absolute Gasteiger partial charge is 0.234 e. The van der Waals surface area contributed by atoms with E-state index in [1.165, 1.54) is 11.3 Å². The molecule has 0 aliphatic carbocycles. The number of carbonyl (C=O) groups excluding carboxylic acids is 1. The quantitative estimate of drug-likeness (QED) is 0.729. The Kier molecular flexibility index (Phi) is 7.11. The highest BCUT2D eigenvalue weighted by Gasteiger charge is 2.19. The van der Waals surface area contributed by atoms with Crippen molar-refractivity contribution in [1.82, 2.24) is 10.2 Å². The first kappa shape index (κ1) is 19.2.